The number of H-pyrrole nitrogens is 1. The van der Waals surface area contributed by atoms with Crippen molar-refractivity contribution in [1.82, 2.24) is 10.2 Å². The number of hydrogen-bond acceptors (Lipinski definition) is 5. The molecule has 0 saturated carbocycles. The lowest BCUT2D eigenvalue weighted by atomic mass is 10.2. The summed E-state index contributed by atoms with van der Waals surface area (Å²) in [5.41, 5.74) is 1.96. The maximum absolute atomic E-state index is 12.0. The lowest BCUT2D eigenvalue weighted by Gasteiger charge is -2.00. The number of aromatic nitrogens is 2. The van der Waals surface area contributed by atoms with Crippen LogP contribution in [0, 0.1) is 13.8 Å². The summed E-state index contributed by atoms with van der Waals surface area (Å²) in [5.74, 6) is -0.622. The molecule has 2 N–H and O–H groups in total. The number of esters is 1. The van der Waals surface area contributed by atoms with Crippen LogP contribution in [0.4, 0.5) is 5.00 Å². The fourth-order valence-corrected chi connectivity index (χ4v) is 2.66. The van der Waals surface area contributed by atoms with Crippen LogP contribution in [0.2, 0.25) is 0 Å². The average Bonchev–Trinajstić information content (AvgIpc) is 2.96. The Morgan fingerprint density at radius 2 is 2.20 bits per heavy atom. The van der Waals surface area contributed by atoms with Crippen molar-refractivity contribution in [3.8, 4) is 0 Å². The minimum atomic E-state index is -0.366. The monoisotopic (exact) mass is 293 g/mol. The average molecular weight is 293 g/mol. The van der Waals surface area contributed by atoms with E-state index in [1.54, 1.807) is 19.9 Å². The third-order valence-electron chi connectivity index (χ3n) is 2.69. The van der Waals surface area contributed by atoms with Crippen molar-refractivity contribution in [2.75, 3.05) is 11.9 Å². The molecule has 2 heterocycles. The molecule has 0 unspecified atom stereocenters. The number of amides is 1. The van der Waals surface area contributed by atoms with Crippen LogP contribution in [0.1, 0.15) is 38.2 Å². The van der Waals surface area contributed by atoms with Gasteiger partial charge in [0.15, 0.2) is 0 Å². The normalized spacial score (nSPS) is 10.3. The topological polar surface area (TPSA) is 84.1 Å². The van der Waals surface area contributed by atoms with Crippen LogP contribution < -0.4 is 5.32 Å². The summed E-state index contributed by atoms with van der Waals surface area (Å²) < 4.78 is 4.96. The van der Waals surface area contributed by atoms with Crippen molar-refractivity contribution in [3.63, 3.8) is 0 Å². The van der Waals surface area contributed by atoms with Gasteiger partial charge < -0.3 is 10.1 Å². The highest BCUT2D eigenvalue weighted by atomic mass is 32.1. The first-order valence-corrected chi connectivity index (χ1v) is 6.93. The van der Waals surface area contributed by atoms with E-state index in [1.165, 1.54) is 17.5 Å². The van der Waals surface area contributed by atoms with Gasteiger partial charge in [0.1, 0.15) is 4.88 Å². The van der Waals surface area contributed by atoms with E-state index in [4.69, 9.17) is 4.74 Å². The molecular weight excluding hydrogens is 278 g/mol. The molecule has 0 aliphatic carbocycles. The van der Waals surface area contributed by atoms with Gasteiger partial charge in [0.25, 0.3) is 5.91 Å². The quantitative estimate of drug-likeness (QED) is 0.848. The van der Waals surface area contributed by atoms with Gasteiger partial charge in [-0.05, 0) is 32.4 Å². The molecular formula is C13H15N3O3S. The van der Waals surface area contributed by atoms with Crippen molar-refractivity contribution < 1.29 is 14.3 Å². The molecule has 2 aromatic heterocycles. The number of nitrogens with one attached hydrogen (secondary N) is 2. The highest BCUT2D eigenvalue weighted by Gasteiger charge is 2.17. The van der Waals surface area contributed by atoms with Crippen molar-refractivity contribution >= 4 is 28.2 Å². The van der Waals surface area contributed by atoms with E-state index in [2.05, 4.69) is 15.5 Å². The maximum Gasteiger partial charge on any atom is 0.348 e. The van der Waals surface area contributed by atoms with Crippen LogP contribution in [0.3, 0.4) is 0 Å². The Morgan fingerprint density at radius 3 is 2.80 bits per heavy atom. The zero-order chi connectivity index (χ0) is 14.7. The molecule has 0 aromatic carbocycles. The smallest absolute Gasteiger partial charge is 0.348 e. The third kappa shape index (κ3) is 2.88. The Morgan fingerprint density at radius 1 is 1.45 bits per heavy atom. The summed E-state index contributed by atoms with van der Waals surface area (Å²) in [6.45, 7) is 5.66. The van der Waals surface area contributed by atoms with Gasteiger partial charge in [-0.3, -0.25) is 9.89 Å². The predicted octanol–water partition coefficient (Wildman–Crippen LogP) is 2.52. The number of carbonyl (C=O) groups is 2. The number of thiophene rings is 1. The Hall–Kier alpha value is -2.15. The lowest BCUT2D eigenvalue weighted by molar-refractivity contribution is 0.0531. The van der Waals surface area contributed by atoms with Crippen molar-refractivity contribution in [1.29, 1.82) is 0 Å². The van der Waals surface area contributed by atoms with Crippen LogP contribution in [0.25, 0.3) is 0 Å². The number of hydrogen-bond donors (Lipinski definition) is 2. The van der Waals surface area contributed by atoms with Crippen LogP contribution in [0.5, 0.6) is 0 Å². The first-order chi connectivity index (χ1) is 9.52. The minimum absolute atomic E-state index is 0.257. The van der Waals surface area contributed by atoms with Gasteiger partial charge in [0.2, 0.25) is 0 Å². The largest absolute Gasteiger partial charge is 0.462 e. The molecule has 0 fully saturated rings. The van der Waals surface area contributed by atoms with E-state index in [-0.39, 0.29) is 11.9 Å². The molecule has 2 aromatic rings. The molecule has 7 heteroatoms. The van der Waals surface area contributed by atoms with E-state index in [1.807, 2.05) is 6.92 Å². The SMILES string of the molecule is CCOC(=O)c1sc(NC(=O)c2cn[nH]c2C)cc1C. The van der Waals surface area contributed by atoms with Gasteiger partial charge in [-0.25, -0.2) is 4.79 Å². The zero-order valence-electron chi connectivity index (χ0n) is 11.4. The maximum atomic E-state index is 12.0. The molecule has 0 bridgehead atoms. The highest BCUT2D eigenvalue weighted by molar-refractivity contribution is 7.18. The molecule has 2 rings (SSSR count). The summed E-state index contributed by atoms with van der Waals surface area (Å²) in [6.07, 6.45) is 1.47. The Balaban J connectivity index is 2.15. The Bertz CT molecular complexity index is 645. The standard InChI is InChI=1S/C13H15N3O3S/c1-4-19-13(18)11-7(2)5-10(20-11)15-12(17)9-6-14-16-8(9)3/h5-6H,4H2,1-3H3,(H,14,16)(H,15,17). The molecule has 106 valence electrons. The van der Waals surface area contributed by atoms with E-state index in [0.717, 1.165) is 5.56 Å². The number of anilines is 1. The second-order valence-corrected chi connectivity index (χ2v) is 5.26. The van der Waals surface area contributed by atoms with Gasteiger partial charge in [0.05, 0.1) is 23.4 Å². The van der Waals surface area contributed by atoms with Crippen molar-refractivity contribution in [2.45, 2.75) is 20.8 Å². The summed E-state index contributed by atoms with van der Waals surface area (Å²) in [7, 11) is 0. The van der Waals surface area contributed by atoms with Crippen molar-refractivity contribution in [2.24, 2.45) is 0 Å². The fraction of sp³-hybridized carbons (Fsp3) is 0.308. The summed E-state index contributed by atoms with van der Waals surface area (Å²) in [4.78, 5) is 24.2. The van der Waals surface area contributed by atoms with E-state index in [9.17, 15) is 9.59 Å². The van der Waals surface area contributed by atoms with Gasteiger partial charge in [-0.2, -0.15) is 5.10 Å². The molecule has 0 saturated heterocycles. The number of aryl methyl sites for hydroxylation is 2. The number of nitrogens with zero attached hydrogens (tertiary/aromatic N) is 1. The predicted molar refractivity (Wildman–Crippen MR) is 76.3 cm³/mol. The summed E-state index contributed by atoms with van der Waals surface area (Å²) in [5, 5.41) is 9.87. The molecule has 0 aliphatic heterocycles. The lowest BCUT2D eigenvalue weighted by Crippen LogP contribution is -2.11. The van der Waals surface area contributed by atoms with Gasteiger partial charge >= 0.3 is 5.97 Å². The summed E-state index contributed by atoms with van der Waals surface area (Å²) >= 11 is 1.20. The second-order valence-electron chi connectivity index (χ2n) is 4.21. The van der Waals surface area contributed by atoms with Gasteiger partial charge in [-0.1, -0.05) is 0 Å². The molecule has 0 spiro atoms. The van der Waals surface area contributed by atoms with Gasteiger partial charge in [-0.15, -0.1) is 11.3 Å². The number of carbonyl (C=O) groups excluding carboxylic acids is 2. The number of rotatable bonds is 4. The van der Waals surface area contributed by atoms with Crippen LogP contribution >= 0.6 is 11.3 Å². The number of aromatic amines is 1. The van der Waals surface area contributed by atoms with Crippen LogP contribution in [0.15, 0.2) is 12.3 Å². The van der Waals surface area contributed by atoms with E-state index < -0.39 is 0 Å². The molecule has 0 atom stereocenters. The highest BCUT2D eigenvalue weighted by Crippen LogP contribution is 2.27. The first-order valence-electron chi connectivity index (χ1n) is 6.11. The molecule has 6 nitrogen and oxygen atoms in total. The van der Waals surface area contributed by atoms with Gasteiger partial charge in [0, 0.05) is 5.69 Å². The summed E-state index contributed by atoms with van der Waals surface area (Å²) in [6, 6.07) is 1.75. The Labute approximate surface area is 120 Å². The Kier molecular flexibility index (Phi) is 4.19. The van der Waals surface area contributed by atoms with E-state index in [0.29, 0.717) is 27.7 Å². The second kappa shape index (κ2) is 5.87. The molecule has 1 amide bonds. The zero-order valence-corrected chi connectivity index (χ0v) is 12.3. The number of ether oxygens (including phenoxy) is 1. The van der Waals surface area contributed by atoms with Crippen LogP contribution in [-0.4, -0.2) is 28.7 Å². The molecule has 0 radical (unpaired) electrons. The molecule has 0 aliphatic rings. The fourth-order valence-electron chi connectivity index (χ4n) is 1.70. The minimum Gasteiger partial charge on any atom is -0.462 e. The first kappa shape index (κ1) is 14.3. The molecule has 20 heavy (non-hydrogen) atoms. The van der Waals surface area contributed by atoms with Crippen molar-refractivity contribution in [3.05, 3.63) is 34.0 Å². The van der Waals surface area contributed by atoms with Crippen LogP contribution in [-0.2, 0) is 4.74 Å². The van der Waals surface area contributed by atoms with E-state index >= 15 is 0 Å². The third-order valence-corrected chi connectivity index (χ3v) is 3.82.